The molecule has 1 aromatic carbocycles. The van der Waals surface area contributed by atoms with Gasteiger partial charge in [0.25, 0.3) is 0 Å². The average molecular weight is 262 g/mol. The van der Waals surface area contributed by atoms with Gasteiger partial charge in [0.2, 0.25) is 0 Å². The maximum atomic E-state index is 11.8. The fourth-order valence-corrected chi connectivity index (χ4v) is 1.52. The van der Waals surface area contributed by atoms with Crippen LogP contribution in [0.3, 0.4) is 0 Å². The lowest BCUT2D eigenvalue weighted by Gasteiger charge is -2.07. The summed E-state index contributed by atoms with van der Waals surface area (Å²) in [5.41, 5.74) is 1.14. The van der Waals surface area contributed by atoms with E-state index in [1.165, 1.54) is 0 Å². The van der Waals surface area contributed by atoms with Crippen LogP contribution in [0.4, 0.5) is 0 Å². The van der Waals surface area contributed by atoms with E-state index in [0.29, 0.717) is 12.2 Å². The van der Waals surface area contributed by atoms with Crippen LogP contribution in [-0.2, 0) is 19.1 Å². The van der Waals surface area contributed by atoms with Gasteiger partial charge in [-0.1, -0.05) is 30.3 Å². The largest absolute Gasteiger partial charge is 0.466 e. The zero-order valence-electron chi connectivity index (χ0n) is 11.2. The third kappa shape index (κ3) is 5.38. The number of esters is 2. The molecule has 4 heteroatoms. The molecule has 0 saturated carbocycles. The topological polar surface area (TPSA) is 52.6 Å². The lowest BCUT2D eigenvalue weighted by Crippen LogP contribution is -2.13. The lowest BCUT2D eigenvalue weighted by molar-refractivity contribution is -0.145. The summed E-state index contributed by atoms with van der Waals surface area (Å²) >= 11 is 0. The highest BCUT2D eigenvalue weighted by Crippen LogP contribution is 2.12. The van der Waals surface area contributed by atoms with Crippen molar-refractivity contribution in [2.75, 3.05) is 13.2 Å². The van der Waals surface area contributed by atoms with Crippen molar-refractivity contribution >= 4 is 18.0 Å². The lowest BCUT2D eigenvalue weighted by atomic mass is 10.1. The molecule has 0 heterocycles. The van der Waals surface area contributed by atoms with Gasteiger partial charge in [-0.25, -0.2) is 4.79 Å². The van der Waals surface area contributed by atoms with Gasteiger partial charge in [0.05, 0.1) is 19.6 Å². The third-order valence-electron chi connectivity index (χ3n) is 2.32. The predicted molar refractivity (Wildman–Crippen MR) is 72.3 cm³/mol. The van der Waals surface area contributed by atoms with E-state index in [2.05, 4.69) is 0 Å². The number of benzene rings is 1. The normalized spacial score (nSPS) is 10.9. The summed E-state index contributed by atoms with van der Waals surface area (Å²) in [5, 5.41) is 0. The van der Waals surface area contributed by atoms with Gasteiger partial charge >= 0.3 is 11.9 Å². The minimum absolute atomic E-state index is 0.0818. The Kier molecular flexibility index (Phi) is 6.36. The Hall–Kier alpha value is -2.10. The molecule has 0 atom stereocenters. The molecule has 0 spiro atoms. The molecule has 0 aliphatic heterocycles. The van der Waals surface area contributed by atoms with E-state index in [9.17, 15) is 9.59 Å². The first-order chi connectivity index (χ1) is 9.17. The van der Waals surface area contributed by atoms with Crippen LogP contribution in [0.5, 0.6) is 0 Å². The van der Waals surface area contributed by atoms with Gasteiger partial charge in [0, 0.05) is 5.57 Å². The first-order valence-corrected chi connectivity index (χ1v) is 6.25. The minimum Gasteiger partial charge on any atom is -0.466 e. The zero-order chi connectivity index (χ0) is 14.1. The van der Waals surface area contributed by atoms with Crippen molar-refractivity contribution < 1.29 is 19.1 Å². The second kappa shape index (κ2) is 8.08. The zero-order valence-corrected chi connectivity index (χ0v) is 11.2. The smallest absolute Gasteiger partial charge is 0.334 e. The van der Waals surface area contributed by atoms with Gasteiger partial charge in [-0.15, -0.1) is 0 Å². The number of ether oxygens (including phenoxy) is 2. The van der Waals surface area contributed by atoms with E-state index >= 15 is 0 Å². The summed E-state index contributed by atoms with van der Waals surface area (Å²) in [6.45, 7) is 4.01. The molecule has 0 fully saturated rings. The monoisotopic (exact) mass is 262 g/mol. The Balaban J connectivity index is 2.89. The van der Waals surface area contributed by atoms with Crippen LogP contribution in [0.25, 0.3) is 6.08 Å². The standard InChI is InChI=1S/C15H18O4/c1-3-18-14(16)11-13(15(17)19-4-2)10-12-8-6-5-7-9-12/h5-10H,3-4,11H2,1-2H3. The highest BCUT2D eigenvalue weighted by Gasteiger charge is 2.15. The Bertz CT molecular complexity index is 448. The van der Waals surface area contributed by atoms with Crippen molar-refractivity contribution in [1.29, 1.82) is 0 Å². The predicted octanol–water partition coefficient (Wildman–Crippen LogP) is 2.59. The number of carbonyl (C=O) groups excluding carboxylic acids is 2. The van der Waals surface area contributed by atoms with Gasteiger partial charge in [0.15, 0.2) is 0 Å². The van der Waals surface area contributed by atoms with Gasteiger partial charge in [-0.2, -0.15) is 0 Å². The summed E-state index contributed by atoms with van der Waals surface area (Å²) < 4.78 is 9.79. The maximum Gasteiger partial charge on any atom is 0.334 e. The van der Waals surface area contributed by atoms with E-state index in [0.717, 1.165) is 5.56 Å². The summed E-state index contributed by atoms with van der Waals surface area (Å²) in [7, 11) is 0. The Morgan fingerprint density at radius 1 is 1.05 bits per heavy atom. The van der Waals surface area contributed by atoms with Gasteiger partial charge in [0.1, 0.15) is 0 Å². The molecule has 1 rings (SSSR count). The first-order valence-electron chi connectivity index (χ1n) is 6.25. The highest BCUT2D eigenvalue weighted by molar-refractivity contribution is 5.98. The molecule has 0 unspecified atom stereocenters. The molecular formula is C15H18O4. The van der Waals surface area contributed by atoms with E-state index in [-0.39, 0.29) is 13.0 Å². The van der Waals surface area contributed by atoms with Crippen molar-refractivity contribution in [3.63, 3.8) is 0 Å². The number of hydrogen-bond donors (Lipinski definition) is 0. The Morgan fingerprint density at radius 3 is 2.26 bits per heavy atom. The van der Waals surface area contributed by atoms with Crippen molar-refractivity contribution in [2.45, 2.75) is 20.3 Å². The molecular weight excluding hydrogens is 244 g/mol. The van der Waals surface area contributed by atoms with Crippen LogP contribution in [0.15, 0.2) is 35.9 Å². The fraction of sp³-hybridized carbons (Fsp3) is 0.333. The van der Waals surface area contributed by atoms with E-state index < -0.39 is 11.9 Å². The molecule has 0 N–H and O–H groups in total. The molecule has 1 aromatic rings. The second-order valence-electron chi connectivity index (χ2n) is 3.78. The van der Waals surface area contributed by atoms with Crippen molar-refractivity contribution in [3.05, 3.63) is 41.5 Å². The molecule has 4 nitrogen and oxygen atoms in total. The highest BCUT2D eigenvalue weighted by atomic mass is 16.5. The van der Waals surface area contributed by atoms with E-state index in [1.807, 2.05) is 30.3 Å². The van der Waals surface area contributed by atoms with Crippen LogP contribution in [0.2, 0.25) is 0 Å². The van der Waals surface area contributed by atoms with Crippen LogP contribution in [0.1, 0.15) is 25.8 Å². The Labute approximate surface area is 113 Å². The molecule has 0 aliphatic carbocycles. The van der Waals surface area contributed by atoms with Crippen LogP contribution in [0, 0.1) is 0 Å². The quantitative estimate of drug-likeness (QED) is 0.584. The number of rotatable bonds is 6. The van der Waals surface area contributed by atoms with Gasteiger partial charge in [-0.05, 0) is 25.5 Å². The fourth-order valence-electron chi connectivity index (χ4n) is 1.52. The molecule has 0 amide bonds. The number of carbonyl (C=O) groups is 2. The van der Waals surface area contributed by atoms with E-state index in [1.54, 1.807) is 19.9 Å². The summed E-state index contributed by atoms with van der Waals surface area (Å²) in [6, 6.07) is 9.30. The van der Waals surface area contributed by atoms with Crippen molar-refractivity contribution in [2.24, 2.45) is 0 Å². The second-order valence-corrected chi connectivity index (χ2v) is 3.78. The molecule has 19 heavy (non-hydrogen) atoms. The van der Waals surface area contributed by atoms with Crippen molar-refractivity contribution in [1.82, 2.24) is 0 Å². The molecule has 0 aromatic heterocycles. The van der Waals surface area contributed by atoms with Crippen LogP contribution < -0.4 is 0 Å². The van der Waals surface area contributed by atoms with Gasteiger partial charge in [-0.3, -0.25) is 4.79 Å². The van der Waals surface area contributed by atoms with Gasteiger partial charge < -0.3 is 9.47 Å². The average Bonchev–Trinajstić information content (AvgIpc) is 2.40. The Morgan fingerprint density at radius 2 is 1.68 bits per heavy atom. The molecule has 0 saturated heterocycles. The van der Waals surface area contributed by atoms with E-state index in [4.69, 9.17) is 9.47 Å². The summed E-state index contributed by atoms with van der Waals surface area (Å²) in [6.07, 6.45) is 1.57. The molecule has 102 valence electrons. The van der Waals surface area contributed by atoms with Crippen LogP contribution in [-0.4, -0.2) is 25.2 Å². The van der Waals surface area contributed by atoms with Crippen molar-refractivity contribution in [3.8, 4) is 0 Å². The van der Waals surface area contributed by atoms with Crippen LogP contribution >= 0.6 is 0 Å². The molecule has 0 bridgehead atoms. The molecule has 0 radical (unpaired) electrons. The SMILES string of the molecule is CCOC(=O)CC(=Cc1ccccc1)C(=O)OCC. The number of hydrogen-bond acceptors (Lipinski definition) is 4. The first kappa shape index (κ1) is 15.0. The molecule has 0 aliphatic rings. The maximum absolute atomic E-state index is 11.8. The summed E-state index contributed by atoms with van der Waals surface area (Å²) in [4.78, 5) is 23.3. The summed E-state index contributed by atoms with van der Waals surface area (Å²) in [5.74, 6) is -0.919. The minimum atomic E-state index is -0.487. The third-order valence-corrected chi connectivity index (χ3v) is 2.32.